The van der Waals surface area contributed by atoms with Crippen molar-refractivity contribution >= 4 is 28.5 Å². The van der Waals surface area contributed by atoms with E-state index in [9.17, 15) is 18.0 Å². The number of hydrogen-bond acceptors (Lipinski definition) is 4. The fourth-order valence-electron chi connectivity index (χ4n) is 4.16. The Morgan fingerprint density at radius 1 is 0.886 bits per heavy atom. The van der Waals surface area contributed by atoms with Crippen molar-refractivity contribution in [1.29, 1.82) is 0 Å². The summed E-state index contributed by atoms with van der Waals surface area (Å²) in [6.45, 7) is 7.04. The van der Waals surface area contributed by atoms with Gasteiger partial charge in [0, 0.05) is 44.0 Å². The Balaban J connectivity index is 1.32. The van der Waals surface area contributed by atoms with E-state index in [4.69, 9.17) is 5.73 Å². The molecule has 8 heteroatoms. The first-order chi connectivity index (χ1) is 16.7. The highest BCUT2D eigenvalue weighted by molar-refractivity contribution is 6.05. The lowest BCUT2D eigenvalue weighted by Crippen LogP contribution is -2.47. The van der Waals surface area contributed by atoms with E-state index in [-0.39, 0.29) is 11.6 Å². The SMILES string of the molecule is C=C(CN1CCN(c2ccccc2C(F)(F)F)CC1)c1ccc(C(=O)Nc2ccccc2N)cc1. The number of alkyl halides is 3. The van der Waals surface area contributed by atoms with Gasteiger partial charge >= 0.3 is 6.18 Å². The number of amides is 1. The number of piperazine rings is 1. The van der Waals surface area contributed by atoms with E-state index in [1.807, 2.05) is 12.1 Å². The van der Waals surface area contributed by atoms with Gasteiger partial charge in [-0.05, 0) is 47.5 Å². The lowest BCUT2D eigenvalue weighted by molar-refractivity contribution is -0.137. The lowest BCUT2D eigenvalue weighted by atomic mass is 10.0. The number of carbonyl (C=O) groups is 1. The van der Waals surface area contributed by atoms with Gasteiger partial charge in [-0.25, -0.2) is 0 Å². The Labute approximate surface area is 202 Å². The van der Waals surface area contributed by atoms with Gasteiger partial charge in [-0.15, -0.1) is 0 Å². The second-order valence-electron chi connectivity index (χ2n) is 8.50. The summed E-state index contributed by atoms with van der Waals surface area (Å²) in [6, 6.07) is 19.9. The van der Waals surface area contributed by atoms with Gasteiger partial charge in [0.1, 0.15) is 0 Å². The summed E-state index contributed by atoms with van der Waals surface area (Å²) in [7, 11) is 0. The summed E-state index contributed by atoms with van der Waals surface area (Å²) >= 11 is 0. The number of nitrogens with two attached hydrogens (primary N) is 1. The molecule has 1 heterocycles. The molecule has 182 valence electrons. The van der Waals surface area contributed by atoms with Crippen LogP contribution in [0.3, 0.4) is 0 Å². The molecule has 5 nitrogen and oxygen atoms in total. The van der Waals surface area contributed by atoms with Gasteiger partial charge in [-0.1, -0.05) is 43.0 Å². The van der Waals surface area contributed by atoms with Gasteiger partial charge in [0.2, 0.25) is 0 Å². The Morgan fingerprint density at radius 3 is 2.14 bits per heavy atom. The molecule has 0 aliphatic carbocycles. The molecule has 35 heavy (non-hydrogen) atoms. The van der Waals surface area contributed by atoms with E-state index in [0.29, 0.717) is 49.7 Å². The molecule has 3 aromatic carbocycles. The zero-order valence-electron chi connectivity index (χ0n) is 19.2. The number of anilines is 3. The minimum Gasteiger partial charge on any atom is -0.397 e. The topological polar surface area (TPSA) is 61.6 Å². The van der Waals surface area contributed by atoms with Gasteiger partial charge in [-0.3, -0.25) is 9.69 Å². The number of rotatable bonds is 6. The Kier molecular flexibility index (Phi) is 7.12. The van der Waals surface area contributed by atoms with Crippen molar-refractivity contribution < 1.29 is 18.0 Å². The highest BCUT2D eigenvalue weighted by Crippen LogP contribution is 2.36. The van der Waals surface area contributed by atoms with Crippen LogP contribution in [-0.4, -0.2) is 43.5 Å². The van der Waals surface area contributed by atoms with Gasteiger partial charge < -0.3 is 16.0 Å². The van der Waals surface area contributed by atoms with Crippen LogP contribution >= 0.6 is 0 Å². The maximum Gasteiger partial charge on any atom is 0.418 e. The molecule has 0 radical (unpaired) electrons. The summed E-state index contributed by atoms with van der Waals surface area (Å²) in [5.74, 6) is -0.254. The van der Waals surface area contributed by atoms with Crippen LogP contribution in [0.15, 0.2) is 79.4 Å². The van der Waals surface area contributed by atoms with E-state index < -0.39 is 11.7 Å². The second-order valence-corrected chi connectivity index (χ2v) is 8.50. The van der Waals surface area contributed by atoms with Crippen LogP contribution in [0.5, 0.6) is 0 Å². The summed E-state index contributed by atoms with van der Waals surface area (Å²) in [4.78, 5) is 16.5. The minimum atomic E-state index is -4.38. The molecule has 3 aromatic rings. The van der Waals surface area contributed by atoms with Gasteiger partial charge in [0.15, 0.2) is 0 Å². The van der Waals surface area contributed by atoms with Crippen molar-refractivity contribution in [1.82, 2.24) is 4.90 Å². The molecule has 1 aliphatic rings. The monoisotopic (exact) mass is 480 g/mol. The molecule has 0 bridgehead atoms. The number of carbonyl (C=O) groups excluding carboxylic acids is 1. The van der Waals surface area contributed by atoms with Crippen molar-refractivity contribution in [3.63, 3.8) is 0 Å². The summed E-state index contributed by atoms with van der Waals surface area (Å²) in [6.07, 6.45) is -4.38. The van der Waals surface area contributed by atoms with Crippen LogP contribution in [0.2, 0.25) is 0 Å². The normalized spacial score (nSPS) is 14.5. The molecule has 0 unspecified atom stereocenters. The fraction of sp³-hybridized carbons (Fsp3) is 0.222. The number of nitrogens with one attached hydrogen (secondary N) is 1. The third-order valence-electron chi connectivity index (χ3n) is 6.10. The maximum atomic E-state index is 13.4. The number of hydrogen-bond donors (Lipinski definition) is 2. The van der Waals surface area contributed by atoms with Crippen LogP contribution < -0.4 is 16.0 Å². The Morgan fingerprint density at radius 2 is 1.49 bits per heavy atom. The number of nitrogen functional groups attached to an aromatic ring is 1. The zero-order valence-corrected chi connectivity index (χ0v) is 19.2. The summed E-state index contributed by atoms with van der Waals surface area (Å²) < 4.78 is 40.1. The number of nitrogens with zero attached hydrogens (tertiary/aromatic N) is 2. The van der Waals surface area contributed by atoms with Crippen molar-refractivity contribution in [2.24, 2.45) is 0 Å². The van der Waals surface area contributed by atoms with Crippen molar-refractivity contribution in [3.05, 3.63) is 96.1 Å². The molecule has 1 amide bonds. The van der Waals surface area contributed by atoms with Crippen molar-refractivity contribution in [2.75, 3.05) is 48.7 Å². The third-order valence-corrected chi connectivity index (χ3v) is 6.10. The van der Waals surface area contributed by atoms with Crippen LogP contribution in [0.1, 0.15) is 21.5 Å². The maximum absolute atomic E-state index is 13.4. The molecule has 0 atom stereocenters. The molecular formula is C27H27F3N4O. The first kappa shape index (κ1) is 24.3. The van der Waals surface area contributed by atoms with Gasteiger partial charge in [0.25, 0.3) is 5.91 Å². The number of para-hydroxylation sites is 3. The number of halogens is 3. The smallest absolute Gasteiger partial charge is 0.397 e. The predicted molar refractivity (Wildman–Crippen MR) is 134 cm³/mol. The quantitative estimate of drug-likeness (QED) is 0.466. The molecule has 1 aliphatic heterocycles. The first-order valence-electron chi connectivity index (χ1n) is 11.3. The van der Waals surface area contributed by atoms with Crippen LogP contribution in [0.4, 0.5) is 30.2 Å². The molecule has 0 spiro atoms. The van der Waals surface area contributed by atoms with E-state index in [1.54, 1.807) is 47.4 Å². The van der Waals surface area contributed by atoms with Crippen LogP contribution in [0.25, 0.3) is 5.57 Å². The zero-order chi connectivity index (χ0) is 25.0. The second kappa shape index (κ2) is 10.2. The highest BCUT2D eigenvalue weighted by Gasteiger charge is 2.35. The molecule has 0 saturated carbocycles. The molecule has 0 aromatic heterocycles. The van der Waals surface area contributed by atoms with E-state index >= 15 is 0 Å². The van der Waals surface area contributed by atoms with Gasteiger partial charge in [-0.2, -0.15) is 13.2 Å². The first-order valence-corrected chi connectivity index (χ1v) is 11.3. The van der Waals surface area contributed by atoms with Crippen molar-refractivity contribution in [3.8, 4) is 0 Å². The van der Waals surface area contributed by atoms with E-state index in [2.05, 4.69) is 16.8 Å². The van der Waals surface area contributed by atoms with E-state index in [1.165, 1.54) is 12.1 Å². The minimum absolute atomic E-state index is 0.226. The summed E-state index contributed by atoms with van der Waals surface area (Å²) in [5, 5.41) is 2.80. The van der Waals surface area contributed by atoms with Crippen LogP contribution in [0, 0.1) is 0 Å². The summed E-state index contributed by atoms with van der Waals surface area (Å²) in [5.41, 5.74) is 8.85. The average Bonchev–Trinajstić information content (AvgIpc) is 2.85. The molecule has 4 rings (SSSR count). The molecule has 3 N–H and O–H groups in total. The Bertz CT molecular complexity index is 1200. The third kappa shape index (κ3) is 5.84. The fourth-order valence-corrected chi connectivity index (χ4v) is 4.16. The van der Waals surface area contributed by atoms with Gasteiger partial charge in [0.05, 0.1) is 16.9 Å². The highest BCUT2D eigenvalue weighted by atomic mass is 19.4. The van der Waals surface area contributed by atoms with Crippen molar-refractivity contribution in [2.45, 2.75) is 6.18 Å². The molecule has 1 saturated heterocycles. The average molecular weight is 481 g/mol. The lowest BCUT2D eigenvalue weighted by Gasteiger charge is -2.37. The molecular weight excluding hydrogens is 453 g/mol. The largest absolute Gasteiger partial charge is 0.418 e. The van der Waals surface area contributed by atoms with E-state index in [0.717, 1.165) is 17.2 Å². The molecule has 1 fully saturated rings. The van der Waals surface area contributed by atoms with Crippen LogP contribution in [-0.2, 0) is 6.18 Å². The number of benzene rings is 3. The standard InChI is InChI=1S/C27H27F3N4O/c1-19(20-10-12-21(13-11-20)26(35)32-24-8-4-3-7-23(24)31)18-33-14-16-34(17-15-33)25-9-5-2-6-22(25)27(28,29)30/h2-13H,1,14-18,31H2,(H,32,35). The predicted octanol–water partition coefficient (Wildman–Crippen LogP) is 5.38. The Hall–Kier alpha value is -3.78.